The molecule has 3 aromatic rings. The molecule has 1 aliphatic heterocycles. The summed E-state index contributed by atoms with van der Waals surface area (Å²) in [6.45, 7) is 2.04. The Morgan fingerprint density at radius 2 is 1.93 bits per heavy atom. The molecule has 1 unspecified atom stereocenters. The van der Waals surface area contributed by atoms with Gasteiger partial charge >= 0.3 is 5.97 Å². The van der Waals surface area contributed by atoms with Gasteiger partial charge in [0, 0.05) is 42.0 Å². The molecule has 1 saturated heterocycles. The highest BCUT2D eigenvalue weighted by Crippen LogP contribution is 2.28. The van der Waals surface area contributed by atoms with Crippen LogP contribution in [-0.2, 0) is 11.3 Å². The largest absolute Gasteiger partial charge is 0.481 e. The first-order valence-electron chi connectivity index (χ1n) is 9.32. The molecule has 1 aromatic heterocycles. The number of rotatable bonds is 5. The smallest absolute Gasteiger partial charge is 0.307 e. The van der Waals surface area contributed by atoms with Crippen LogP contribution >= 0.6 is 0 Å². The lowest BCUT2D eigenvalue weighted by Crippen LogP contribution is -2.38. The van der Waals surface area contributed by atoms with E-state index in [-0.39, 0.29) is 11.6 Å². The summed E-state index contributed by atoms with van der Waals surface area (Å²) in [6.07, 6.45) is 1.59. The summed E-state index contributed by atoms with van der Waals surface area (Å²) in [4.78, 5) is 24.1. The number of aromatic nitrogens is 1. The second kappa shape index (κ2) is 7.44. The number of likely N-dealkylation sites (tertiary alicyclic amines) is 1. The number of non-ortho nitro benzene ring substituents is 1. The number of carboxylic acid groups (broad SMARTS) is 1. The van der Waals surface area contributed by atoms with Crippen molar-refractivity contribution in [1.29, 1.82) is 0 Å². The Balaban J connectivity index is 1.71. The SMILES string of the molecule is O=C(O)C1CCCN(Cc2cc3ccccc3n2-c2ccc([N+](=O)[O-])cc2)C1. The molecule has 4 rings (SSSR count). The van der Waals surface area contributed by atoms with Gasteiger partial charge in [-0.2, -0.15) is 0 Å². The fraction of sp³-hybridized carbons (Fsp3) is 0.286. The lowest BCUT2D eigenvalue weighted by Gasteiger charge is -2.30. The van der Waals surface area contributed by atoms with Crippen molar-refractivity contribution in [2.75, 3.05) is 13.1 Å². The van der Waals surface area contributed by atoms with Gasteiger partial charge in [-0.3, -0.25) is 19.8 Å². The van der Waals surface area contributed by atoms with E-state index >= 15 is 0 Å². The van der Waals surface area contributed by atoms with Crippen LogP contribution < -0.4 is 0 Å². The second-order valence-corrected chi connectivity index (χ2v) is 7.22. The number of nitrogens with zero attached hydrogens (tertiary/aromatic N) is 3. The van der Waals surface area contributed by atoms with Gasteiger partial charge < -0.3 is 9.67 Å². The zero-order chi connectivity index (χ0) is 19.7. The molecule has 7 nitrogen and oxygen atoms in total. The van der Waals surface area contributed by atoms with Gasteiger partial charge in [0.15, 0.2) is 0 Å². The van der Waals surface area contributed by atoms with Crippen LogP contribution in [0, 0.1) is 16.0 Å². The van der Waals surface area contributed by atoms with Gasteiger partial charge in [-0.05, 0) is 43.7 Å². The predicted octanol–water partition coefficient (Wildman–Crippen LogP) is 3.84. The highest BCUT2D eigenvalue weighted by atomic mass is 16.6. The molecule has 7 heteroatoms. The third-order valence-electron chi connectivity index (χ3n) is 5.35. The summed E-state index contributed by atoms with van der Waals surface area (Å²) in [5.41, 5.74) is 2.98. The molecule has 0 radical (unpaired) electrons. The Kier molecular flexibility index (Phi) is 4.83. The molecule has 0 saturated carbocycles. The summed E-state index contributed by atoms with van der Waals surface area (Å²) < 4.78 is 2.10. The van der Waals surface area contributed by atoms with E-state index in [2.05, 4.69) is 15.5 Å². The molecule has 1 fully saturated rings. The molecule has 0 spiro atoms. The minimum Gasteiger partial charge on any atom is -0.481 e. The van der Waals surface area contributed by atoms with Crippen molar-refractivity contribution in [2.45, 2.75) is 19.4 Å². The summed E-state index contributed by atoms with van der Waals surface area (Å²) in [6, 6.07) is 16.6. The van der Waals surface area contributed by atoms with Gasteiger partial charge in [-0.15, -0.1) is 0 Å². The maximum Gasteiger partial charge on any atom is 0.307 e. The fourth-order valence-corrected chi connectivity index (χ4v) is 3.99. The number of hydrogen-bond donors (Lipinski definition) is 1. The summed E-state index contributed by atoms with van der Waals surface area (Å²) in [5.74, 6) is -1.06. The lowest BCUT2D eigenvalue weighted by molar-refractivity contribution is -0.384. The van der Waals surface area contributed by atoms with E-state index in [9.17, 15) is 20.0 Å². The Labute approximate surface area is 162 Å². The van der Waals surface area contributed by atoms with Crippen molar-refractivity contribution in [1.82, 2.24) is 9.47 Å². The summed E-state index contributed by atoms with van der Waals surface area (Å²) in [5, 5.41) is 21.4. The van der Waals surface area contributed by atoms with Crippen LogP contribution in [0.5, 0.6) is 0 Å². The van der Waals surface area contributed by atoms with E-state index in [0.717, 1.165) is 41.7 Å². The van der Waals surface area contributed by atoms with E-state index in [4.69, 9.17) is 0 Å². The van der Waals surface area contributed by atoms with Gasteiger partial charge in [-0.25, -0.2) is 0 Å². The highest BCUT2D eigenvalue weighted by Gasteiger charge is 2.26. The van der Waals surface area contributed by atoms with Crippen molar-refractivity contribution in [3.63, 3.8) is 0 Å². The van der Waals surface area contributed by atoms with Crippen LogP contribution in [0.3, 0.4) is 0 Å². The normalized spacial score (nSPS) is 17.6. The molecule has 0 bridgehead atoms. The zero-order valence-electron chi connectivity index (χ0n) is 15.3. The van der Waals surface area contributed by atoms with Crippen molar-refractivity contribution >= 4 is 22.6 Å². The van der Waals surface area contributed by atoms with E-state index in [0.29, 0.717) is 13.1 Å². The quantitative estimate of drug-likeness (QED) is 0.537. The third-order valence-corrected chi connectivity index (χ3v) is 5.35. The summed E-state index contributed by atoms with van der Waals surface area (Å²) >= 11 is 0. The molecule has 28 heavy (non-hydrogen) atoms. The third kappa shape index (κ3) is 3.48. The van der Waals surface area contributed by atoms with Gasteiger partial charge in [0.05, 0.1) is 16.4 Å². The first-order chi connectivity index (χ1) is 13.5. The van der Waals surface area contributed by atoms with Gasteiger partial charge in [0.2, 0.25) is 0 Å². The number of carboxylic acids is 1. The zero-order valence-corrected chi connectivity index (χ0v) is 15.3. The molecule has 1 aliphatic rings. The van der Waals surface area contributed by atoms with E-state index in [1.807, 2.05) is 24.3 Å². The Hall–Kier alpha value is -3.19. The molecule has 2 aromatic carbocycles. The number of aliphatic carboxylic acids is 1. The van der Waals surface area contributed by atoms with Crippen LogP contribution in [0.2, 0.25) is 0 Å². The molecular weight excluding hydrogens is 358 g/mol. The molecule has 0 aliphatic carbocycles. The minimum absolute atomic E-state index is 0.0575. The number of para-hydroxylation sites is 1. The van der Waals surface area contributed by atoms with Crippen molar-refractivity contribution in [3.8, 4) is 5.69 Å². The number of piperidine rings is 1. The lowest BCUT2D eigenvalue weighted by atomic mass is 9.98. The molecule has 144 valence electrons. The fourth-order valence-electron chi connectivity index (χ4n) is 3.99. The first kappa shape index (κ1) is 18.2. The molecule has 1 atom stereocenters. The predicted molar refractivity (Wildman–Crippen MR) is 106 cm³/mol. The van der Waals surface area contributed by atoms with Crippen LogP contribution in [0.25, 0.3) is 16.6 Å². The standard InChI is InChI=1S/C21H21N3O4/c25-21(26)16-5-3-11-22(13-16)14-19-12-15-4-1-2-6-20(15)23(19)17-7-9-18(10-8-17)24(27)28/h1-2,4,6-10,12,16H,3,5,11,13-14H2,(H,25,26). The minimum atomic E-state index is -0.736. The van der Waals surface area contributed by atoms with E-state index in [1.54, 1.807) is 12.1 Å². The monoisotopic (exact) mass is 379 g/mol. The van der Waals surface area contributed by atoms with Crippen molar-refractivity contribution in [3.05, 3.63) is 70.4 Å². The first-order valence-corrected chi connectivity index (χ1v) is 9.32. The highest BCUT2D eigenvalue weighted by molar-refractivity contribution is 5.83. The number of fused-ring (bicyclic) bond motifs is 1. The number of hydrogen-bond acceptors (Lipinski definition) is 4. The maximum atomic E-state index is 11.4. The van der Waals surface area contributed by atoms with E-state index in [1.165, 1.54) is 12.1 Å². The maximum absolute atomic E-state index is 11.4. The van der Waals surface area contributed by atoms with E-state index < -0.39 is 10.9 Å². The average molecular weight is 379 g/mol. The van der Waals surface area contributed by atoms with Crippen molar-refractivity contribution in [2.24, 2.45) is 5.92 Å². The van der Waals surface area contributed by atoms with Crippen LogP contribution in [-0.4, -0.2) is 38.6 Å². The summed E-state index contributed by atoms with van der Waals surface area (Å²) in [7, 11) is 0. The van der Waals surface area contributed by atoms with Crippen LogP contribution in [0.4, 0.5) is 5.69 Å². The van der Waals surface area contributed by atoms with Crippen LogP contribution in [0.1, 0.15) is 18.5 Å². The van der Waals surface area contributed by atoms with Gasteiger partial charge in [-0.1, -0.05) is 18.2 Å². The van der Waals surface area contributed by atoms with Gasteiger partial charge in [0.25, 0.3) is 5.69 Å². The molecule has 2 heterocycles. The second-order valence-electron chi connectivity index (χ2n) is 7.22. The number of nitro groups is 1. The van der Waals surface area contributed by atoms with Crippen LogP contribution in [0.15, 0.2) is 54.6 Å². The topological polar surface area (TPSA) is 88.6 Å². The molecular formula is C21H21N3O4. The molecule has 1 N–H and O–H groups in total. The Morgan fingerprint density at radius 3 is 2.64 bits per heavy atom. The number of benzene rings is 2. The van der Waals surface area contributed by atoms with Crippen molar-refractivity contribution < 1.29 is 14.8 Å². The number of nitro benzene ring substituents is 1. The Bertz CT molecular complexity index is 1030. The van der Waals surface area contributed by atoms with Gasteiger partial charge in [0.1, 0.15) is 0 Å². The Morgan fingerprint density at radius 1 is 1.18 bits per heavy atom. The average Bonchev–Trinajstić information content (AvgIpc) is 3.06. The number of carbonyl (C=O) groups is 1. The molecule has 0 amide bonds.